The van der Waals surface area contributed by atoms with E-state index in [0.29, 0.717) is 0 Å². The Hall–Kier alpha value is -2.03. The SMILES string of the molecule is Cc1ccc(S(=O)(=O)N2CCN(C(=O)c3cc(F)c(F)cc3Cl)CC2)cc1C. The molecule has 3 rings (SSSR count). The normalized spacial score (nSPS) is 15.7. The summed E-state index contributed by atoms with van der Waals surface area (Å²) in [4.78, 5) is 14.2. The first-order valence-corrected chi connectivity index (χ1v) is 10.4. The molecule has 0 spiro atoms. The first-order valence-electron chi connectivity index (χ1n) is 8.62. The number of amides is 1. The number of halogens is 3. The van der Waals surface area contributed by atoms with Crippen molar-refractivity contribution in [1.82, 2.24) is 9.21 Å². The zero-order chi connectivity index (χ0) is 20.6. The predicted octanol–water partition coefficient (Wildman–Crippen LogP) is 3.38. The van der Waals surface area contributed by atoms with E-state index < -0.39 is 27.6 Å². The number of aryl methyl sites for hydroxylation is 2. The fourth-order valence-electron chi connectivity index (χ4n) is 3.01. The van der Waals surface area contributed by atoms with Gasteiger partial charge in [0.05, 0.1) is 15.5 Å². The fraction of sp³-hybridized carbons (Fsp3) is 0.316. The van der Waals surface area contributed by atoms with Crippen LogP contribution in [0.3, 0.4) is 0 Å². The quantitative estimate of drug-likeness (QED) is 0.704. The number of rotatable bonds is 3. The van der Waals surface area contributed by atoms with Crippen molar-refractivity contribution in [2.24, 2.45) is 0 Å². The Morgan fingerprint density at radius 3 is 2.18 bits per heavy atom. The van der Waals surface area contributed by atoms with Gasteiger partial charge in [0.15, 0.2) is 11.6 Å². The third-order valence-corrected chi connectivity index (χ3v) is 7.09. The van der Waals surface area contributed by atoms with Crippen LogP contribution in [-0.4, -0.2) is 49.7 Å². The van der Waals surface area contributed by atoms with Crippen molar-refractivity contribution in [3.63, 3.8) is 0 Å². The molecule has 1 saturated heterocycles. The standard InChI is InChI=1S/C19H19ClF2N2O3S/c1-12-3-4-14(9-13(12)2)28(26,27)24-7-5-23(6-8-24)19(25)15-10-17(21)18(22)11-16(15)20/h3-4,9-11H,5-8H2,1-2H3. The molecule has 0 N–H and O–H groups in total. The summed E-state index contributed by atoms with van der Waals surface area (Å²) in [5.74, 6) is -2.86. The summed E-state index contributed by atoms with van der Waals surface area (Å²) in [6.07, 6.45) is 0. The summed E-state index contributed by atoms with van der Waals surface area (Å²) in [5.41, 5.74) is 1.73. The highest BCUT2D eigenvalue weighted by Gasteiger charge is 2.31. The Labute approximate surface area is 167 Å². The molecule has 0 radical (unpaired) electrons. The predicted molar refractivity (Wildman–Crippen MR) is 102 cm³/mol. The topological polar surface area (TPSA) is 57.7 Å². The lowest BCUT2D eigenvalue weighted by Gasteiger charge is -2.34. The van der Waals surface area contributed by atoms with Crippen LogP contribution in [0.4, 0.5) is 8.78 Å². The highest BCUT2D eigenvalue weighted by Crippen LogP contribution is 2.24. The number of hydrogen-bond donors (Lipinski definition) is 0. The maximum atomic E-state index is 13.5. The Morgan fingerprint density at radius 2 is 1.57 bits per heavy atom. The molecule has 1 aliphatic heterocycles. The zero-order valence-corrected chi connectivity index (χ0v) is 16.9. The number of carbonyl (C=O) groups excluding carboxylic acids is 1. The van der Waals surface area contributed by atoms with Crippen LogP contribution in [0.25, 0.3) is 0 Å². The lowest BCUT2D eigenvalue weighted by molar-refractivity contribution is 0.0697. The monoisotopic (exact) mass is 428 g/mol. The maximum absolute atomic E-state index is 13.5. The van der Waals surface area contributed by atoms with Crippen LogP contribution < -0.4 is 0 Å². The van der Waals surface area contributed by atoms with E-state index in [0.717, 1.165) is 23.3 Å². The molecular weight excluding hydrogens is 410 g/mol. The lowest BCUT2D eigenvalue weighted by atomic mass is 10.1. The summed E-state index contributed by atoms with van der Waals surface area (Å²) >= 11 is 5.86. The second-order valence-corrected chi connectivity index (χ2v) is 9.03. The molecule has 2 aromatic carbocycles. The van der Waals surface area contributed by atoms with Gasteiger partial charge in [0.1, 0.15) is 0 Å². The minimum absolute atomic E-state index is 0.0995. The van der Waals surface area contributed by atoms with E-state index >= 15 is 0 Å². The van der Waals surface area contributed by atoms with Crippen LogP contribution in [0, 0.1) is 25.5 Å². The molecule has 2 aromatic rings. The van der Waals surface area contributed by atoms with Crippen LogP contribution in [0.1, 0.15) is 21.5 Å². The Bertz CT molecular complexity index is 1040. The van der Waals surface area contributed by atoms with E-state index in [1.807, 2.05) is 13.8 Å². The first kappa shape index (κ1) is 20.7. The van der Waals surface area contributed by atoms with Gasteiger partial charge in [-0.05, 0) is 49.2 Å². The molecule has 0 bridgehead atoms. The van der Waals surface area contributed by atoms with Gasteiger partial charge in [-0.25, -0.2) is 17.2 Å². The molecule has 1 aliphatic rings. The number of sulfonamides is 1. The molecule has 1 fully saturated rings. The number of hydrogen-bond acceptors (Lipinski definition) is 3. The average Bonchev–Trinajstić information content (AvgIpc) is 2.66. The van der Waals surface area contributed by atoms with Crippen molar-refractivity contribution in [3.05, 3.63) is 63.7 Å². The highest BCUT2D eigenvalue weighted by atomic mass is 35.5. The summed E-state index contributed by atoms with van der Waals surface area (Å²) in [7, 11) is -3.68. The first-order chi connectivity index (χ1) is 13.1. The van der Waals surface area contributed by atoms with Crippen molar-refractivity contribution < 1.29 is 22.0 Å². The summed E-state index contributed by atoms with van der Waals surface area (Å²) in [6.45, 7) is 4.19. The fourth-order valence-corrected chi connectivity index (χ4v) is 4.75. The lowest BCUT2D eigenvalue weighted by Crippen LogP contribution is -2.50. The number of carbonyl (C=O) groups is 1. The van der Waals surface area contributed by atoms with Gasteiger partial charge in [-0.1, -0.05) is 17.7 Å². The molecule has 150 valence electrons. The minimum atomic E-state index is -3.68. The molecule has 9 heteroatoms. The molecule has 0 unspecified atom stereocenters. The van der Waals surface area contributed by atoms with Crippen LogP contribution in [0.2, 0.25) is 5.02 Å². The zero-order valence-electron chi connectivity index (χ0n) is 15.4. The number of benzene rings is 2. The molecule has 0 saturated carbocycles. The minimum Gasteiger partial charge on any atom is -0.336 e. The molecule has 5 nitrogen and oxygen atoms in total. The second kappa shape index (κ2) is 7.77. The molecule has 0 aromatic heterocycles. The Balaban J connectivity index is 1.74. The Kier molecular flexibility index (Phi) is 5.74. The smallest absolute Gasteiger partial charge is 0.255 e. The van der Waals surface area contributed by atoms with E-state index in [2.05, 4.69) is 0 Å². The van der Waals surface area contributed by atoms with Gasteiger partial charge < -0.3 is 4.90 Å². The molecule has 1 amide bonds. The van der Waals surface area contributed by atoms with Gasteiger partial charge in [0.2, 0.25) is 10.0 Å². The molecule has 0 atom stereocenters. The summed E-state index contributed by atoms with van der Waals surface area (Å²) < 4.78 is 53.7. The molecular formula is C19H19ClF2N2O3S. The van der Waals surface area contributed by atoms with Gasteiger partial charge in [-0.3, -0.25) is 4.79 Å². The summed E-state index contributed by atoms with van der Waals surface area (Å²) in [6, 6.07) is 6.47. The van der Waals surface area contributed by atoms with Gasteiger partial charge in [-0.2, -0.15) is 4.31 Å². The maximum Gasteiger partial charge on any atom is 0.255 e. The van der Waals surface area contributed by atoms with Crippen LogP contribution in [0.15, 0.2) is 35.2 Å². The van der Waals surface area contributed by atoms with Crippen molar-refractivity contribution in [2.75, 3.05) is 26.2 Å². The van der Waals surface area contributed by atoms with E-state index in [9.17, 15) is 22.0 Å². The van der Waals surface area contributed by atoms with Crippen molar-refractivity contribution in [2.45, 2.75) is 18.7 Å². The highest BCUT2D eigenvalue weighted by molar-refractivity contribution is 7.89. The number of piperazine rings is 1. The van der Waals surface area contributed by atoms with E-state index in [4.69, 9.17) is 11.6 Å². The average molecular weight is 429 g/mol. The number of nitrogens with zero attached hydrogens (tertiary/aromatic N) is 2. The van der Waals surface area contributed by atoms with Crippen LogP contribution in [0.5, 0.6) is 0 Å². The molecule has 1 heterocycles. The third-order valence-electron chi connectivity index (χ3n) is 4.88. The van der Waals surface area contributed by atoms with E-state index in [-0.39, 0.29) is 41.7 Å². The van der Waals surface area contributed by atoms with Gasteiger partial charge in [0.25, 0.3) is 5.91 Å². The van der Waals surface area contributed by atoms with Crippen LogP contribution in [-0.2, 0) is 10.0 Å². The summed E-state index contributed by atoms with van der Waals surface area (Å²) in [5, 5.41) is -0.186. The van der Waals surface area contributed by atoms with Gasteiger partial charge in [-0.15, -0.1) is 0 Å². The Morgan fingerprint density at radius 1 is 0.964 bits per heavy atom. The molecule has 0 aliphatic carbocycles. The van der Waals surface area contributed by atoms with Crippen molar-refractivity contribution >= 4 is 27.5 Å². The van der Waals surface area contributed by atoms with Crippen LogP contribution >= 0.6 is 11.6 Å². The van der Waals surface area contributed by atoms with Gasteiger partial charge in [0, 0.05) is 26.2 Å². The van der Waals surface area contributed by atoms with Gasteiger partial charge >= 0.3 is 0 Å². The second-order valence-electron chi connectivity index (χ2n) is 6.69. The molecule has 28 heavy (non-hydrogen) atoms. The van der Waals surface area contributed by atoms with Crippen molar-refractivity contribution in [3.8, 4) is 0 Å². The van der Waals surface area contributed by atoms with Crippen molar-refractivity contribution in [1.29, 1.82) is 0 Å². The third kappa shape index (κ3) is 3.90. The largest absolute Gasteiger partial charge is 0.336 e. The van der Waals surface area contributed by atoms with E-state index in [1.165, 1.54) is 9.21 Å². The van der Waals surface area contributed by atoms with E-state index in [1.54, 1.807) is 18.2 Å².